The second kappa shape index (κ2) is 5.83. The zero-order valence-corrected chi connectivity index (χ0v) is 11.1. The lowest BCUT2D eigenvalue weighted by Crippen LogP contribution is -2.46. The average molecular weight is 239 g/mol. The van der Waals surface area contributed by atoms with Crippen LogP contribution in [0, 0.1) is 5.92 Å². The third kappa shape index (κ3) is 4.28. The molecular formula is C13H25N3O. The summed E-state index contributed by atoms with van der Waals surface area (Å²) in [6.07, 6.45) is 5.22. The lowest BCUT2D eigenvalue weighted by Gasteiger charge is -2.32. The molecule has 0 unspecified atom stereocenters. The number of carbonyl (C=O) groups is 1. The maximum absolute atomic E-state index is 11.6. The molecule has 0 radical (unpaired) electrons. The van der Waals surface area contributed by atoms with Crippen molar-refractivity contribution in [3.63, 3.8) is 0 Å². The third-order valence-corrected chi connectivity index (χ3v) is 3.84. The summed E-state index contributed by atoms with van der Waals surface area (Å²) in [5.74, 6) is 1.18. The molecular weight excluding hydrogens is 214 g/mol. The molecule has 0 atom stereocenters. The Hall–Kier alpha value is -0.610. The van der Waals surface area contributed by atoms with Crippen LogP contribution in [0.15, 0.2) is 0 Å². The van der Waals surface area contributed by atoms with E-state index in [1.807, 2.05) is 14.1 Å². The van der Waals surface area contributed by atoms with Gasteiger partial charge in [0.15, 0.2) is 0 Å². The van der Waals surface area contributed by atoms with Crippen molar-refractivity contribution in [2.75, 3.05) is 40.3 Å². The molecule has 1 amide bonds. The minimum Gasteiger partial charge on any atom is -0.348 e. The van der Waals surface area contributed by atoms with Gasteiger partial charge in [0.2, 0.25) is 5.91 Å². The van der Waals surface area contributed by atoms with Gasteiger partial charge >= 0.3 is 0 Å². The van der Waals surface area contributed by atoms with Crippen LogP contribution in [0.1, 0.15) is 25.7 Å². The molecule has 2 aliphatic rings. The Bertz CT molecular complexity index is 255. The molecule has 0 aromatic rings. The monoisotopic (exact) mass is 239 g/mol. The van der Waals surface area contributed by atoms with Gasteiger partial charge in [-0.1, -0.05) is 0 Å². The van der Waals surface area contributed by atoms with Crippen molar-refractivity contribution in [2.45, 2.75) is 31.7 Å². The van der Waals surface area contributed by atoms with Gasteiger partial charge in [-0.05, 0) is 38.1 Å². The molecule has 1 N–H and O–H groups in total. The normalized spacial score (nSPS) is 22.7. The molecule has 1 saturated carbocycles. The van der Waals surface area contributed by atoms with Crippen LogP contribution in [0.5, 0.6) is 0 Å². The first-order valence-electron chi connectivity index (χ1n) is 6.81. The van der Waals surface area contributed by atoms with E-state index in [1.54, 1.807) is 4.90 Å². The number of piperidine rings is 1. The Labute approximate surface area is 104 Å². The molecule has 0 aromatic heterocycles. The second-order valence-electron chi connectivity index (χ2n) is 5.69. The first-order valence-corrected chi connectivity index (χ1v) is 6.81. The molecule has 1 heterocycles. The van der Waals surface area contributed by atoms with E-state index < -0.39 is 0 Å². The molecule has 1 aliphatic heterocycles. The molecule has 1 saturated heterocycles. The van der Waals surface area contributed by atoms with Gasteiger partial charge < -0.3 is 10.2 Å². The fraction of sp³-hybridized carbons (Fsp3) is 0.923. The highest BCUT2D eigenvalue weighted by molar-refractivity contribution is 5.77. The maximum Gasteiger partial charge on any atom is 0.236 e. The molecule has 4 nitrogen and oxygen atoms in total. The first kappa shape index (κ1) is 12.8. The summed E-state index contributed by atoms with van der Waals surface area (Å²) in [6, 6.07) is 0.682. The predicted molar refractivity (Wildman–Crippen MR) is 68.9 cm³/mol. The van der Waals surface area contributed by atoms with E-state index in [1.165, 1.54) is 32.2 Å². The van der Waals surface area contributed by atoms with Gasteiger partial charge in [0, 0.05) is 33.2 Å². The summed E-state index contributed by atoms with van der Waals surface area (Å²) < 4.78 is 0. The van der Waals surface area contributed by atoms with Crippen molar-refractivity contribution < 1.29 is 4.79 Å². The highest BCUT2D eigenvalue weighted by Crippen LogP contribution is 2.28. The Kier molecular flexibility index (Phi) is 4.40. The summed E-state index contributed by atoms with van der Waals surface area (Å²) in [6.45, 7) is 3.91. The lowest BCUT2D eigenvalue weighted by atomic mass is 10.0. The van der Waals surface area contributed by atoms with E-state index in [0.29, 0.717) is 12.6 Å². The SMILES string of the molecule is CN(C)C(=O)CN1CCC(NCC2CC2)CC1. The summed E-state index contributed by atoms with van der Waals surface area (Å²) in [4.78, 5) is 15.5. The zero-order chi connectivity index (χ0) is 12.3. The van der Waals surface area contributed by atoms with Crippen molar-refractivity contribution >= 4 is 5.91 Å². The Morgan fingerprint density at radius 3 is 2.41 bits per heavy atom. The summed E-state index contributed by atoms with van der Waals surface area (Å²) >= 11 is 0. The van der Waals surface area contributed by atoms with Crippen molar-refractivity contribution in [1.29, 1.82) is 0 Å². The molecule has 1 aliphatic carbocycles. The van der Waals surface area contributed by atoms with Gasteiger partial charge in [-0.15, -0.1) is 0 Å². The van der Waals surface area contributed by atoms with E-state index in [2.05, 4.69) is 10.2 Å². The number of carbonyl (C=O) groups excluding carboxylic acids is 1. The molecule has 17 heavy (non-hydrogen) atoms. The Morgan fingerprint density at radius 1 is 1.24 bits per heavy atom. The predicted octanol–water partition coefficient (Wildman–Crippen LogP) is 0.539. The van der Waals surface area contributed by atoms with Crippen LogP contribution in [0.4, 0.5) is 0 Å². The minimum absolute atomic E-state index is 0.217. The highest BCUT2D eigenvalue weighted by atomic mass is 16.2. The molecule has 4 heteroatoms. The summed E-state index contributed by atoms with van der Waals surface area (Å²) in [5, 5.41) is 3.66. The fourth-order valence-corrected chi connectivity index (χ4v) is 2.28. The number of hydrogen-bond acceptors (Lipinski definition) is 3. The molecule has 2 fully saturated rings. The van der Waals surface area contributed by atoms with E-state index in [9.17, 15) is 4.79 Å². The minimum atomic E-state index is 0.217. The smallest absolute Gasteiger partial charge is 0.236 e. The molecule has 0 aromatic carbocycles. The standard InChI is InChI=1S/C13H25N3O/c1-15(2)13(17)10-16-7-5-12(6-8-16)14-9-11-3-4-11/h11-12,14H,3-10H2,1-2H3. The Balaban J connectivity index is 1.61. The number of hydrogen-bond donors (Lipinski definition) is 1. The number of likely N-dealkylation sites (tertiary alicyclic amines) is 1. The number of nitrogens with one attached hydrogen (secondary N) is 1. The van der Waals surface area contributed by atoms with Crippen LogP contribution in [-0.2, 0) is 4.79 Å². The topological polar surface area (TPSA) is 35.6 Å². The van der Waals surface area contributed by atoms with Crippen LogP contribution >= 0.6 is 0 Å². The van der Waals surface area contributed by atoms with Crippen molar-refractivity contribution in [1.82, 2.24) is 15.1 Å². The number of nitrogens with zero attached hydrogens (tertiary/aromatic N) is 2. The average Bonchev–Trinajstić information content (AvgIpc) is 3.12. The zero-order valence-electron chi connectivity index (χ0n) is 11.1. The van der Waals surface area contributed by atoms with E-state index in [0.717, 1.165) is 19.0 Å². The van der Waals surface area contributed by atoms with E-state index in [4.69, 9.17) is 0 Å². The first-order chi connectivity index (χ1) is 8.15. The largest absolute Gasteiger partial charge is 0.348 e. The van der Waals surface area contributed by atoms with Gasteiger partial charge in [0.25, 0.3) is 0 Å². The molecule has 2 rings (SSSR count). The third-order valence-electron chi connectivity index (χ3n) is 3.84. The maximum atomic E-state index is 11.6. The van der Waals surface area contributed by atoms with Crippen molar-refractivity contribution in [3.8, 4) is 0 Å². The van der Waals surface area contributed by atoms with Gasteiger partial charge in [0.05, 0.1) is 6.54 Å². The van der Waals surface area contributed by atoms with Gasteiger partial charge in [-0.3, -0.25) is 9.69 Å². The number of rotatable bonds is 5. The molecule has 0 spiro atoms. The van der Waals surface area contributed by atoms with Crippen LogP contribution in [0.25, 0.3) is 0 Å². The second-order valence-corrected chi connectivity index (χ2v) is 5.69. The van der Waals surface area contributed by atoms with Crippen LogP contribution in [0.2, 0.25) is 0 Å². The number of amides is 1. The van der Waals surface area contributed by atoms with E-state index in [-0.39, 0.29) is 5.91 Å². The molecule has 0 bridgehead atoms. The summed E-state index contributed by atoms with van der Waals surface area (Å²) in [5.41, 5.74) is 0. The lowest BCUT2D eigenvalue weighted by molar-refractivity contribution is -0.130. The molecule has 98 valence electrons. The van der Waals surface area contributed by atoms with Crippen LogP contribution in [-0.4, -0.2) is 62.0 Å². The highest BCUT2D eigenvalue weighted by Gasteiger charge is 2.25. The van der Waals surface area contributed by atoms with Crippen LogP contribution < -0.4 is 5.32 Å². The quantitative estimate of drug-likeness (QED) is 0.760. The van der Waals surface area contributed by atoms with E-state index >= 15 is 0 Å². The fourth-order valence-electron chi connectivity index (χ4n) is 2.28. The number of likely N-dealkylation sites (N-methyl/N-ethyl adjacent to an activating group) is 1. The van der Waals surface area contributed by atoms with Gasteiger partial charge in [0.1, 0.15) is 0 Å². The van der Waals surface area contributed by atoms with Gasteiger partial charge in [-0.25, -0.2) is 0 Å². The van der Waals surface area contributed by atoms with Crippen molar-refractivity contribution in [3.05, 3.63) is 0 Å². The van der Waals surface area contributed by atoms with Gasteiger partial charge in [-0.2, -0.15) is 0 Å². The van der Waals surface area contributed by atoms with Crippen molar-refractivity contribution in [2.24, 2.45) is 5.92 Å². The summed E-state index contributed by atoms with van der Waals surface area (Å²) in [7, 11) is 3.65. The Morgan fingerprint density at radius 2 is 1.88 bits per heavy atom. The van der Waals surface area contributed by atoms with Crippen LogP contribution in [0.3, 0.4) is 0 Å².